The van der Waals surface area contributed by atoms with Crippen molar-refractivity contribution in [3.8, 4) is 0 Å². The maximum atomic E-state index is 9.24. The van der Waals surface area contributed by atoms with E-state index in [1.54, 1.807) is 0 Å². The van der Waals surface area contributed by atoms with E-state index in [1.165, 1.54) is 0 Å². The lowest BCUT2D eigenvalue weighted by Crippen LogP contribution is -1.92. The second-order valence-corrected chi connectivity index (χ2v) is 0.795. The van der Waals surface area contributed by atoms with Gasteiger partial charge in [0.2, 0.25) is 0 Å². The van der Waals surface area contributed by atoms with Crippen molar-refractivity contribution in [2.75, 3.05) is 5.88 Å². The smallest absolute Gasteiger partial charge is 0.318 e. The van der Waals surface area contributed by atoms with E-state index < -0.39 is 5.97 Å². The molecule has 0 aliphatic rings. The first-order chi connectivity index (χ1) is 2.27. The summed E-state index contributed by atoms with van der Waals surface area (Å²) in [4.78, 5) is 9.24. The molecule has 0 aromatic heterocycles. The third kappa shape index (κ3) is 8.87. The van der Waals surface area contributed by atoms with Crippen LogP contribution in [-0.4, -0.2) is 17.0 Å². The normalized spacial score (nSPS) is 6.17. The predicted octanol–water partition coefficient (Wildman–Crippen LogP) is 0.888. The Morgan fingerprint density at radius 1 is 1.83 bits per heavy atom. The van der Waals surface area contributed by atoms with Crippen molar-refractivity contribution in [1.29, 1.82) is 0 Å². The van der Waals surface area contributed by atoms with Crippen LogP contribution < -0.4 is 0 Å². The molecule has 0 aromatic rings. The van der Waals surface area contributed by atoms with Crippen LogP contribution in [0.15, 0.2) is 0 Å². The molecule has 0 aliphatic carbocycles. The molecular weight excluding hydrogens is 171 g/mol. The SMILES string of the molecule is Br.O=C(O)CCl. The highest BCUT2D eigenvalue weighted by atomic mass is 79.9. The van der Waals surface area contributed by atoms with Gasteiger partial charge in [-0.05, 0) is 0 Å². The van der Waals surface area contributed by atoms with E-state index in [0.29, 0.717) is 0 Å². The van der Waals surface area contributed by atoms with Crippen molar-refractivity contribution in [3.05, 3.63) is 0 Å². The van der Waals surface area contributed by atoms with E-state index >= 15 is 0 Å². The molecule has 6 heavy (non-hydrogen) atoms. The average molecular weight is 175 g/mol. The Morgan fingerprint density at radius 3 is 2.00 bits per heavy atom. The first-order valence-electron chi connectivity index (χ1n) is 1.05. The molecule has 0 amide bonds. The van der Waals surface area contributed by atoms with Crippen LogP contribution in [0, 0.1) is 0 Å². The lowest BCUT2D eigenvalue weighted by Gasteiger charge is -1.69. The van der Waals surface area contributed by atoms with Crippen LogP contribution in [0.3, 0.4) is 0 Å². The van der Waals surface area contributed by atoms with E-state index in [1.807, 2.05) is 0 Å². The molecule has 0 radical (unpaired) electrons. The number of hydrogen-bond donors (Lipinski definition) is 1. The van der Waals surface area contributed by atoms with Gasteiger partial charge in [-0.15, -0.1) is 28.6 Å². The van der Waals surface area contributed by atoms with E-state index in [0.717, 1.165) is 0 Å². The first-order valence-corrected chi connectivity index (χ1v) is 1.58. The van der Waals surface area contributed by atoms with E-state index in [4.69, 9.17) is 16.7 Å². The molecule has 0 aliphatic heterocycles. The lowest BCUT2D eigenvalue weighted by molar-refractivity contribution is -0.134. The molecule has 0 aromatic carbocycles. The summed E-state index contributed by atoms with van der Waals surface area (Å²) in [6.45, 7) is 0. The molecule has 0 bridgehead atoms. The Bertz CT molecular complexity index is 46.8. The molecule has 2 nitrogen and oxygen atoms in total. The number of aliphatic carboxylic acids is 1. The van der Waals surface area contributed by atoms with E-state index in [2.05, 4.69) is 0 Å². The van der Waals surface area contributed by atoms with Crippen LogP contribution in [0.1, 0.15) is 0 Å². The van der Waals surface area contributed by atoms with Crippen LogP contribution in [0.25, 0.3) is 0 Å². The second-order valence-electron chi connectivity index (χ2n) is 0.527. The minimum atomic E-state index is -0.980. The molecular formula is C2H4BrClO2. The van der Waals surface area contributed by atoms with Gasteiger partial charge in [0.05, 0.1) is 0 Å². The summed E-state index contributed by atoms with van der Waals surface area (Å²) in [5.41, 5.74) is 0. The second kappa shape index (κ2) is 5.24. The van der Waals surface area contributed by atoms with Crippen LogP contribution in [0.5, 0.6) is 0 Å². The van der Waals surface area contributed by atoms with E-state index in [9.17, 15) is 4.79 Å². The van der Waals surface area contributed by atoms with Gasteiger partial charge in [0.15, 0.2) is 0 Å². The Hall–Kier alpha value is 0.240. The summed E-state index contributed by atoms with van der Waals surface area (Å²) in [7, 11) is 0. The van der Waals surface area contributed by atoms with Gasteiger partial charge in [-0.2, -0.15) is 0 Å². The van der Waals surface area contributed by atoms with Gasteiger partial charge in [-0.3, -0.25) is 4.79 Å². The summed E-state index contributed by atoms with van der Waals surface area (Å²) in [6, 6.07) is 0. The zero-order chi connectivity index (χ0) is 4.28. The van der Waals surface area contributed by atoms with Crippen LogP contribution in [-0.2, 0) is 4.79 Å². The van der Waals surface area contributed by atoms with Gasteiger partial charge in [-0.1, -0.05) is 0 Å². The molecule has 0 atom stereocenters. The van der Waals surface area contributed by atoms with Crippen LogP contribution in [0.2, 0.25) is 0 Å². The molecule has 4 heteroatoms. The highest BCUT2D eigenvalue weighted by molar-refractivity contribution is 8.93. The molecule has 0 rings (SSSR count). The fourth-order valence-corrected chi connectivity index (χ4v) is 0. The Balaban J connectivity index is 0. The molecule has 38 valence electrons. The minimum absolute atomic E-state index is 0. The summed E-state index contributed by atoms with van der Waals surface area (Å²) in [5.74, 6) is -1.29. The van der Waals surface area contributed by atoms with Gasteiger partial charge in [0.25, 0.3) is 0 Å². The van der Waals surface area contributed by atoms with Crippen molar-refractivity contribution >= 4 is 34.6 Å². The molecule has 0 fully saturated rings. The highest BCUT2D eigenvalue weighted by Gasteiger charge is 1.83. The molecule has 0 saturated heterocycles. The zero-order valence-electron chi connectivity index (χ0n) is 2.85. The number of carboxylic acids is 1. The first kappa shape index (κ1) is 9.53. The Labute approximate surface area is 50.9 Å². The summed E-state index contributed by atoms with van der Waals surface area (Å²) >= 11 is 4.74. The topological polar surface area (TPSA) is 37.3 Å². The number of carbonyl (C=O) groups is 1. The fourth-order valence-electron chi connectivity index (χ4n) is 0. The average Bonchev–Trinajstić information content (AvgIpc) is 1.38. The fraction of sp³-hybridized carbons (Fsp3) is 0.500. The number of hydrogen-bond acceptors (Lipinski definition) is 1. The molecule has 0 saturated carbocycles. The largest absolute Gasteiger partial charge is 0.480 e. The summed E-state index contributed by atoms with van der Waals surface area (Å²) in [6.07, 6.45) is 0. The number of alkyl halides is 1. The monoisotopic (exact) mass is 174 g/mol. The number of halogens is 2. The van der Waals surface area contributed by atoms with Crippen molar-refractivity contribution < 1.29 is 9.90 Å². The summed E-state index contributed by atoms with van der Waals surface area (Å²) < 4.78 is 0. The highest BCUT2D eigenvalue weighted by Crippen LogP contribution is 1.67. The molecule has 0 unspecified atom stereocenters. The van der Waals surface area contributed by atoms with Gasteiger partial charge in [0, 0.05) is 0 Å². The molecule has 1 N–H and O–H groups in total. The molecule has 0 heterocycles. The zero-order valence-corrected chi connectivity index (χ0v) is 5.32. The quantitative estimate of drug-likeness (QED) is 0.601. The van der Waals surface area contributed by atoms with Crippen LogP contribution in [0.4, 0.5) is 0 Å². The minimum Gasteiger partial charge on any atom is -0.480 e. The Morgan fingerprint density at radius 2 is 2.00 bits per heavy atom. The molecule has 0 spiro atoms. The van der Waals surface area contributed by atoms with Gasteiger partial charge < -0.3 is 5.11 Å². The number of rotatable bonds is 1. The predicted molar refractivity (Wildman–Crippen MR) is 28.7 cm³/mol. The van der Waals surface area contributed by atoms with Crippen molar-refractivity contribution in [2.45, 2.75) is 0 Å². The van der Waals surface area contributed by atoms with Gasteiger partial charge in [-0.25, -0.2) is 0 Å². The third-order valence-electron chi connectivity index (χ3n) is 0.114. The number of carboxylic acid groups (broad SMARTS) is 1. The van der Waals surface area contributed by atoms with Crippen LogP contribution >= 0.6 is 28.6 Å². The maximum absolute atomic E-state index is 9.24. The van der Waals surface area contributed by atoms with Crippen molar-refractivity contribution in [3.63, 3.8) is 0 Å². The van der Waals surface area contributed by atoms with Crippen molar-refractivity contribution in [1.82, 2.24) is 0 Å². The van der Waals surface area contributed by atoms with Crippen molar-refractivity contribution in [2.24, 2.45) is 0 Å². The maximum Gasteiger partial charge on any atom is 0.318 e. The van der Waals surface area contributed by atoms with Gasteiger partial charge >= 0.3 is 5.97 Å². The summed E-state index contributed by atoms with van der Waals surface area (Å²) in [5, 5.41) is 7.59. The Kier molecular flexibility index (Phi) is 8.32. The third-order valence-corrected chi connectivity index (χ3v) is 0.343. The standard InChI is InChI=1S/C2H3ClO2.BrH/c3-1-2(4)5;/h1H2,(H,4,5);1H. The van der Waals surface area contributed by atoms with Gasteiger partial charge in [0.1, 0.15) is 5.88 Å². The lowest BCUT2D eigenvalue weighted by atomic mass is 10.8. The van der Waals surface area contributed by atoms with E-state index in [-0.39, 0.29) is 22.9 Å².